The molecule has 0 bridgehead atoms. The van der Waals surface area contributed by atoms with Gasteiger partial charge in [0, 0.05) is 17.6 Å². The van der Waals surface area contributed by atoms with Gasteiger partial charge in [0.25, 0.3) is 0 Å². The van der Waals surface area contributed by atoms with E-state index in [0.29, 0.717) is 23.3 Å². The van der Waals surface area contributed by atoms with Crippen molar-refractivity contribution in [3.8, 4) is 5.75 Å². The molecule has 2 aromatic rings. The number of hydrogen-bond donors (Lipinski definition) is 5. The SMILES string of the molecule is CCCC[C@]1(CC)CS(=O)(=O)c2cc(CNC(=O)CNCC(=O)O)c(OC)cc2[C@@H](c2ccccc2)N1.O=C(O)C(F)(F)F. The summed E-state index contributed by atoms with van der Waals surface area (Å²) in [5, 5.41) is 24.8. The molecular weight excluding hydrogens is 607 g/mol. The summed E-state index contributed by atoms with van der Waals surface area (Å²) in [7, 11) is -2.18. The van der Waals surface area contributed by atoms with E-state index in [0.717, 1.165) is 24.8 Å². The van der Waals surface area contributed by atoms with Gasteiger partial charge in [-0.05, 0) is 36.1 Å². The van der Waals surface area contributed by atoms with Crippen LogP contribution in [0, 0.1) is 0 Å². The Labute approximate surface area is 254 Å². The van der Waals surface area contributed by atoms with Crippen LogP contribution in [0.1, 0.15) is 62.3 Å². The number of amides is 1. The molecule has 0 aliphatic carbocycles. The Morgan fingerprint density at radius 2 is 1.73 bits per heavy atom. The summed E-state index contributed by atoms with van der Waals surface area (Å²) in [5.74, 6) is -3.78. The molecule has 3 rings (SSSR count). The number of nitrogens with one attached hydrogen (secondary N) is 3. The van der Waals surface area contributed by atoms with Gasteiger partial charge in [-0.1, -0.05) is 57.0 Å². The first-order valence-electron chi connectivity index (χ1n) is 13.8. The second-order valence-corrected chi connectivity index (χ2v) is 12.2. The monoisotopic (exact) mass is 645 g/mol. The largest absolute Gasteiger partial charge is 0.496 e. The van der Waals surface area contributed by atoms with E-state index in [-0.39, 0.29) is 36.3 Å². The lowest BCUT2D eigenvalue weighted by Gasteiger charge is -2.36. The van der Waals surface area contributed by atoms with Gasteiger partial charge in [0.15, 0.2) is 9.84 Å². The molecule has 2 aromatic carbocycles. The van der Waals surface area contributed by atoms with Gasteiger partial charge in [-0.15, -0.1) is 0 Å². The maximum atomic E-state index is 13.9. The van der Waals surface area contributed by atoms with Gasteiger partial charge in [0.2, 0.25) is 5.91 Å². The second kappa shape index (κ2) is 15.9. The van der Waals surface area contributed by atoms with Gasteiger partial charge in [0.05, 0.1) is 36.9 Å². The van der Waals surface area contributed by atoms with Crippen LogP contribution in [-0.2, 0) is 30.8 Å². The van der Waals surface area contributed by atoms with Crippen molar-refractivity contribution in [2.75, 3.05) is 26.0 Å². The molecule has 0 unspecified atom stereocenters. The minimum absolute atomic E-state index is 0.0237. The fraction of sp³-hybridized carbons (Fsp3) is 0.483. The smallest absolute Gasteiger partial charge is 0.490 e. The number of hydrogen-bond acceptors (Lipinski definition) is 8. The third-order valence-corrected chi connectivity index (χ3v) is 9.03. The molecule has 0 fully saturated rings. The van der Waals surface area contributed by atoms with Gasteiger partial charge >= 0.3 is 18.1 Å². The Balaban J connectivity index is 0.000000860. The van der Waals surface area contributed by atoms with Crippen LogP contribution in [0.15, 0.2) is 47.4 Å². The van der Waals surface area contributed by atoms with Gasteiger partial charge < -0.3 is 20.3 Å². The minimum Gasteiger partial charge on any atom is -0.496 e. The highest BCUT2D eigenvalue weighted by molar-refractivity contribution is 7.91. The summed E-state index contributed by atoms with van der Waals surface area (Å²) in [6.07, 6.45) is -1.82. The molecule has 0 aromatic heterocycles. The number of rotatable bonds is 12. The molecule has 1 amide bonds. The number of carbonyl (C=O) groups is 3. The van der Waals surface area contributed by atoms with Crippen LogP contribution in [0.2, 0.25) is 0 Å². The number of halogens is 3. The minimum atomic E-state index is -5.08. The van der Waals surface area contributed by atoms with E-state index in [1.54, 1.807) is 12.1 Å². The zero-order valence-electron chi connectivity index (χ0n) is 24.7. The number of benzene rings is 2. The van der Waals surface area contributed by atoms with Gasteiger partial charge in [0.1, 0.15) is 5.75 Å². The predicted octanol–water partition coefficient (Wildman–Crippen LogP) is 3.42. The Kier molecular flexibility index (Phi) is 13.2. The summed E-state index contributed by atoms with van der Waals surface area (Å²) in [5.41, 5.74) is 1.52. The number of alkyl halides is 3. The molecule has 44 heavy (non-hydrogen) atoms. The van der Waals surface area contributed by atoms with Crippen LogP contribution < -0.4 is 20.7 Å². The van der Waals surface area contributed by atoms with Crippen molar-refractivity contribution >= 4 is 27.7 Å². The first-order valence-corrected chi connectivity index (χ1v) is 15.5. The maximum Gasteiger partial charge on any atom is 0.490 e. The molecule has 0 spiro atoms. The van der Waals surface area contributed by atoms with E-state index in [1.807, 2.05) is 37.3 Å². The molecule has 0 saturated carbocycles. The lowest BCUT2D eigenvalue weighted by Crippen LogP contribution is -2.50. The molecular formula is C29H38F3N3O8S. The van der Waals surface area contributed by atoms with Gasteiger partial charge in [-0.3, -0.25) is 20.2 Å². The van der Waals surface area contributed by atoms with E-state index in [4.69, 9.17) is 19.7 Å². The number of carbonyl (C=O) groups excluding carboxylic acids is 1. The number of aliphatic carboxylic acids is 2. The molecule has 244 valence electrons. The lowest BCUT2D eigenvalue weighted by atomic mass is 9.88. The number of ether oxygens (including phenoxy) is 1. The van der Waals surface area contributed by atoms with Crippen molar-refractivity contribution < 1.29 is 50.9 Å². The van der Waals surface area contributed by atoms with Crippen LogP contribution >= 0.6 is 0 Å². The average molecular weight is 646 g/mol. The highest BCUT2D eigenvalue weighted by Crippen LogP contribution is 2.40. The van der Waals surface area contributed by atoms with Gasteiger partial charge in [-0.2, -0.15) is 13.2 Å². The fourth-order valence-corrected chi connectivity index (χ4v) is 6.97. The zero-order chi connectivity index (χ0) is 33.1. The molecule has 0 radical (unpaired) electrons. The van der Waals surface area contributed by atoms with E-state index in [9.17, 15) is 31.2 Å². The van der Waals surface area contributed by atoms with Crippen molar-refractivity contribution in [3.63, 3.8) is 0 Å². The van der Waals surface area contributed by atoms with Crippen molar-refractivity contribution in [2.24, 2.45) is 0 Å². The number of carboxylic acid groups (broad SMARTS) is 2. The Morgan fingerprint density at radius 3 is 2.25 bits per heavy atom. The van der Waals surface area contributed by atoms with Crippen LogP contribution in [0.4, 0.5) is 13.2 Å². The van der Waals surface area contributed by atoms with Crippen molar-refractivity contribution in [2.45, 2.75) is 68.7 Å². The summed E-state index contributed by atoms with van der Waals surface area (Å²) in [4.78, 5) is 32.0. The molecule has 11 nitrogen and oxygen atoms in total. The summed E-state index contributed by atoms with van der Waals surface area (Å²) in [6, 6.07) is 12.8. The number of carboxylic acids is 2. The van der Waals surface area contributed by atoms with E-state index in [2.05, 4.69) is 22.9 Å². The van der Waals surface area contributed by atoms with Crippen LogP contribution in [0.3, 0.4) is 0 Å². The average Bonchev–Trinajstić information content (AvgIpc) is 3.06. The molecule has 1 aliphatic heterocycles. The highest BCUT2D eigenvalue weighted by atomic mass is 32.2. The quantitative estimate of drug-likeness (QED) is 0.230. The first kappa shape index (κ1) is 36.5. The number of methoxy groups -OCH3 is 1. The maximum absolute atomic E-state index is 13.9. The summed E-state index contributed by atoms with van der Waals surface area (Å²) in [6.45, 7) is 3.65. The number of fused-ring (bicyclic) bond motifs is 1. The van der Waals surface area contributed by atoms with Crippen LogP contribution in [0.25, 0.3) is 0 Å². The van der Waals surface area contributed by atoms with E-state index < -0.39 is 39.4 Å². The molecule has 15 heteroatoms. The molecule has 1 heterocycles. The van der Waals surface area contributed by atoms with Gasteiger partial charge in [-0.25, -0.2) is 13.2 Å². The zero-order valence-corrected chi connectivity index (χ0v) is 25.5. The predicted molar refractivity (Wildman–Crippen MR) is 155 cm³/mol. The Bertz CT molecular complexity index is 1400. The normalized spacial score (nSPS) is 19.0. The van der Waals surface area contributed by atoms with E-state index in [1.165, 1.54) is 7.11 Å². The second-order valence-electron chi connectivity index (χ2n) is 10.3. The topological polar surface area (TPSA) is 171 Å². The van der Waals surface area contributed by atoms with Crippen molar-refractivity contribution in [3.05, 3.63) is 59.2 Å². The van der Waals surface area contributed by atoms with Crippen LogP contribution in [0.5, 0.6) is 5.75 Å². The van der Waals surface area contributed by atoms with Crippen LogP contribution in [-0.4, -0.2) is 74.1 Å². The first-order chi connectivity index (χ1) is 20.6. The molecule has 5 N–H and O–H groups in total. The van der Waals surface area contributed by atoms with Crippen molar-refractivity contribution in [1.82, 2.24) is 16.0 Å². The fourth-order valence-electron chi connectivity index (χ4n) is 4.80. The molecule has 1 aliphatic rings. The lowest BCUT2D eigenvalue weighted by molar-refractivity contribution is -0.192. The Morgan fingerprint density at radius 1 is 1.09 bits per heavy atom. The summed E-state index contributed by atoms with van der Waals surface area (Å²) >= 11 is 0. The third-order valence-electron chi connectivity index (χ3n) is 7.07. The van der Waals surface area contributed by atoms with E-state index >= 15 is 0 Å². The summed E-state index contributed by atoms with van der Waals surface area (Å²) < 4.78 is 65.1. The number of sulfone groups is 1. The molecule has 0 saturated heterocycles. The highest BCUT2D eigenvalue weighted by Gasteiger charge is 2.42. The third kappa shape index (κ3) is 10.2. The Hall–Kier alpha value is -3.69. The number of unbranched alkanes of at least 4 members (excludes halogenated alkanes) is 1. The van der Waals surface area contributed by atoms with Crippen molar-refractivity contribution in [1.29, 1.82) is 0 Å². The standard InChI is InChI=1S/C27H37N3O6S.C2HF3O2/c1-4-6-12-27(5-2)18-37(34,35)23-13-20(15-29-24(31)16-28-17-25(32)33)22(36-3)14-21(23)26(30-27)19-10-8-7-9-11-19;3-2(4,5)1(6)7/h7-11,13-14,26,28,30H,4-6,12,15-18H2,1-3H3,(H,29,31)(H,32,33);(H,6,7)/t26-,27-;/m1./s1. The molecule has 2 atom stereocenters.